The Kier molecular flexibility index (Phi) is 21.7. The summed E-state index contributed by atoms with van der Waals surface area (Å²) in [6.45, 7) is 33.6. The van der Waals surface area contributed by atoms with Crippen molar-refractivity contribution in [2.45, 2.75) is 235 Å². The van der Waals surface area contributed by atoms with E-state index < -0.39 is 25.5 Å². The first-order chi connectivity index (χ1) is 29.7. The first-order valence-corrected chi connectivity index (χ1v) is 28.1. The minimum Gasteiger partial charge on any atom is -0.481 e. The molecule has 0 radical (unpaired) electrons. The number of carbonyl (C=O) groups is 4. The van der Waals surface area contributed by atoms with E-state index in [4.69, 9.17) is 34.0 Å². The predicted molar refractivity (Wildman–Crippen MR) is 262 cm³/mol. The van der Waals surface area contributed by atoms with E-state index in [2.05, 4.69) is 75.4 Å². The van der Waals surface area contributed by atoms with Crippen LogP contribution in [0.1, 0.15) is 212 Å². The summed E-state index contributed by atoms with van der Waals surface area (Å²) in [7, 11) is -0.158. The van der Waals surface area contributed by atoms with Crippen LogP contribution in [0.25, 0.3) is 0 Å². The smallest absolute Gasteiger partial charge is 0.311 e. The molecule has 3 N–H and O–H groups in total. The number of esters is 1. The van der Waals surface area contributed by atoms with Crippen molar-refractivity contribution in [3.8, 4) is 0 Å². The maximum Gasteiger partial charge on any atom is 0.311 e. The van der Waals surface area contributed by atoms with Crippen LogP contribution in [0.2, 0.25) is 18.1 Å². The average Bonchev–Trinajstić information content (AvgIpc) is 3.71. The fraction of sp³-hybridized carbons (Fsp3) is 0.925. The van der Waals surface area contributed by atoms with Crippen molar-refractivity contribution < 1.29 is 53.1 Å². The number of hydrogen-bond donors (Lipinski definition) is 3. The average molecular weight is 939 g/mol. The van der Waals surface area contributed by atoms with Crippen LogP contribution >= 0.6 is 0 Å². The van der Waals surface area contributed by atoms with Gasteiger partial charge in [-0.3, -0.25) is 19.2 Å². The number of aliphatic hydroxyl groups is 2. The van der Waals surface area contributed by atoms with Gasteiger partial charge in [0.15, 0.2) is 14.1 Å². The molecule has 0 amide bonds. The summed E-state index contributed by atoms with van der Waals surface area (Å²) in [5, 5.41) is 27.4. The van der Waals surface area contributed by atoms with Gasteiger partial charge in [-0.05, 0) is 149 Å². The monoisotopic (exact) mass is 939 g/mol. The van der Waals surface area contributed by atoms with Crippen LogP contribution < -0.4 is 0 Å². The van der Waals surface area contributed by atoms with Crippen LogP contribution in [-0.2, 0) is 37.8 Å². The summed E-state index contributed by atoms with van der Waals surface area (Å²) in [4.78, 5) is 44.5. The molecule has 1 spiro atoms. The Bertz CT molecular complexity index is 1490. The van der Waals surface area contributed by atoms with Gasteiger partial charge in [-0.15, -0.1) is 0 Å². The Morgan fingerprint density at radius 2 is 0.923 bits per heavy atom. The van der Waals surface area contributed by atoms with Gasteiger partial charge in [-0.1, -0.05) is 69.2 Å². The maximum atomic E-state index is 11.5. The van der Waals surface area contributed by atoms with E-state index in [-0.39, 0.29) is 39.3 Å². The normalized spacial score (nSPS) is 25.6. The van der Waals surface area contributed by atoms with E-state index in [1.807, 2.05) is 13.8 Å². The third-order valence-electron chi connectivity index (χ3n) is 17.0. The highest BCUT2D eigenvalue weighted by Gasteiger charge is 2.48. The third kappa shape index (κ3) is 19.0. The van der Waals surface area contributed by atoms with Crippen molar-refractivity contribution in [3.63, 3.8) is 0 Å². The molecule has 5 saturated carbocycles. The Morgan fingerprint density at radius 1 is 0.569 bits per heavy atom. The van der Waals surface area contributed by atoms with E-state index in [1.165, 1.54) is 32.8 Å². The summed E-state index contributed by atoms with van der Waals surface area (Å²) in [5.74, 6) is -0.413. The Hall–Kier alpha value is -1.70. The lowest BCUT2D eigenvalue weighted by molar-refractivity contribution is -0.195. The lowest BCUT2D eigenvalue weighted by Crippen LogP contribution is -2.44. The third-order valence-corrected chi connectivity index (χ3v) is 21.5. The molecular weight excluding hydrogens is 841 g/mol. The van der Waals surface area contributed by atoms with Crippen molar-refractivity contribution in [3.05, 3.63) is 0 Å². The molecule has 5 aliphatic carbocycles. The summed E-state index contributed by atoms with van der Waals surface area (Å²) >= 11 is 0. The van der Waals surface area contributed by atoms with Gasteiger partial charge >= 0.3 is 11.9 Å². The Morgan fingerprint density at radius 3 is 1.28 bits per heavy atom. The van der Waals surface area contributed by atoms with Crippen molar-refractivity contribution in [2.24, 2.45) is 37.9 Å². The molecule has 0 aromatic heterocycles. The van der Waals surface area contributed by atoms with Gasteiger partial charge in [0.1, 0.15) is 11.6 Å². The number of methoxy groups -OCH3 is 1. The molecule has 0 bridgehead atoms. The van der Waals surface area contributed by atoms with Crippen LogP contribution in [0.4, 0.5) is 0 Å². The molecule has 11 nitrogen and oxygen atoms in total. The lowest BCUT2D eigenvalue weighted by Gasteiger charge is -2.41. The molecule has 0 aromatic rings. The SMILES string of the molecule is CC1(C(=O)O)CCC2(CC1)OCCO2.CC1(C)CCC(C)(CO)CC1.CC1(CO)CCC(=O)CC1.CC1(CO[Si](C)(C)C(C)(C)C)CCC(=O)CC1.COC(=O)C1(C)CCC(C)(C)CC1. The number of aliphatic hydroxyl groups excluding tert-OH is 2. The van der Waals surface area contributed by atoms with Crippen molar-refractivity contribution in [1.29, 1.82) is 0 Å². The van der Waals surface area contributed by atoms with E-state index in [0.717, 1.165) is 70.8 Å². The van der Waals surface area contributed by atoms with Crippen LogP contribution in [0.3, 0.4) is 0 Å². The van der Waals surface area contributed by atoms with Gasteiger partial charge in [-0.2, -0.15) is 0 Å². The van der Waals surface area contributed by atoms with Crippen LogP contribution in [0.5, 0.6) is 0 Å². The second kappa shape index (κ2) is 23.7. The molecule has 1 saturated heterocycles. The molecule has 0 atom stereocenters. The number of hydrogen-bond acceptors (Lipinski definition) is 10. The summed E-state index contributed by atoms with van der Waals surface area (Å²) < 4.78 is 22.2. The molecule has 380 valence electrons. The van der Waals surface area contributed by atoms with Crippen molar-refractivity contribution >= 4 is 31.8 Å². The topological polar surface area (TPSA) is 166 Å². The molecule has 6 rings (SSSR count). The van der Waals surface area contributed by atoms with Crippen molar-refractivity contribution in [1.82, 2.24) is 0 Å². The molecule has 1 aliphatic heterocycles. The van der Waals surface area contributed by atoms with Crippen molar-refractivity contribution in [2.75, 3.05) is 40.1 Å². The molecule has 6 fully saturated rings. The number of ketones is 2. The molecule has 0 unspecified atom stereocenters. The zero-order chi connectivity index (χ0) is 49.8. The summed E-state index contributed by atoms with van der Waals surface area (Å²) in [6, 6.07) is 0. The van der Waals surface area contributed by atoms with E-state index >= 15 is 0 Å². The van der Waals surface area contributed by atoms with Crippen LogP contribution in [-0.4, -0.2) is 93.1 Å². The molecule has 12 heteroatoms. The fourth-order valence-electron chi connectivity index (χ4n) is 8.94. The fourth-order valence-corrected chi connectivity index (χ4v) is 10.1. The minimum absolute atomic E-state index is 0.0356. The highest BCUT2D eigenvalue weighted by atomic mass is 28.4. The Labute approximate surface area is 397 Å². The van der Waals surface area contributed by atoms with E-state index in [9.17, 15) is 19.2 Å². The van der Waals surface area contributed by atoms with Gasteiger partial charge in [0.25, 0.3) is 0 Å². The number of rotatable bonds is 7. The predicted octanol–water partition coefficient (Wildman–Crippen LogP) is 12.0. The van der Waals surface area contributed by atoms with Crippen LogP contribution in [0, 0.1) is 37.9 Å². The molecule has 1 heterocycles. The number of carboxylic acid groups (broad SMARTS) is 1. The number of ether oxygens (including phenoxy) is 3. The van der Waals surface area contributed by atoms with Gasteiger partial charge < -0.3 is 34.0 Å². The highest BCUT2D eigenvalue weighted by molar-refractivity contribution is 6.74. The Balaban J connectivity index is 0.000000282. The molecule has 65 heavy (non-hydrogen) atoms. The second-order valence-corrected chi connectivity index (χ2v) is 30.5. The minimum atomic E-state index is -1.64. The van der Waals surface area contributed by atoms with Gasteiger partial charge in [0.05, 0.1) is 31.2 Å². The largest absolute Gasteiger partial charge is 0.481 e. The first kappa shape index (κ1) is 59.4. The standard InChI is InChI=1S/C14H28O2Si.C11H20O2.C10H16O4.C10H20O.C8H14O2/c1-13(2,3)17(5,6)16-11-14(4)9-7-12(15)8-10-14;1-10(2)5-7-11(3,8-6-10)9(12)13-4;1-9(8(11)12)2-4-10(5-3-9)13-6-7-14-10;1-9(2)4-6-10(3,8-11)7-5-9;1-8(6-9)4-2-7(10)3-5-8/h7-11H2,1-6H3;5-8H2,1-4H3;2-7H2,1H3,(H,11,12);11H,4-8H2,1-3H3;9H,2-6H2,1H3. The van der Waals surface area contributed by atoms with Gasteiger partial charge in [0.2, 0.25) is 0 Å². The zero-order valence-corrected chi connectivity index (χ0v) is 45.3. The van der Waals surface area contributed by atoms with Gasteiger partial charge in [-0.25, -0.2) is 0 Å². The van der Waals surface area contributed by atoms with Gasteiger partial charge in [0, 0.05) is 58.3 Å². The highest BCUT2D eigenvalue weighted by Crippen LogP contribution is 2.47. The number of Topliss-reactive ketones (excluding diaryl/α,β-unsaturated/α-hetero) is 2. The molecule has 6 aliphatic rings. The van der Waals surface area contributed by atoms with E-state index in [1.54, 1.807) is 6.92 Å². The second-order valence-electron chi connectivity index (χ2n) is 25.7. The summed E-state index contributed by atoms with van der Waals surface area (Å²) in [5.41, 5.74) is 0.625. The molecule has 0 aromatic carbocycles. The maximum absolute atomic E-state index is 11.5. The number of carboxylic acids is 1. The van der Waals surface area contributed by atoms with Crippen LogP contribution in [0.15, 0.2) is 0 Å². The quantitative estimate of drug-likeness (QED) is 0.164. The zero-order valence-electron chi connectivity index (χ0n) is 44.3. The number of carbonyl (C=O) groups excluding carboxylic acids is 3. The van der Waals surface area contributed by atoms with E-state index in [0.29, 0.717) is 80.7 Å². The first-order valence-electron chi connectivity index (χ1n) is 25.1. The number of aliphatic carboxylic acids is 1. The lowest BCUT2D eigenvalue weighted by atomic mass is 9.66. The summed E-state index contributed by atoms with van der Waals surface area (Å²) in [6.07, 6.45) is 18.3. The molecular formula is C53H98O11Si.